The smallest absolute Gasteiger partial charge is 0.300 e. The van der Waals surface area contributed by atoms with Crippen molar-refractivity contribution in [1.29, 1.82) is 0 Å². The molecule has 0 radical (unpaired) electrons. The third-order valence-electron chi connectivity index (χ3n) is 3.58. The minimum atomic E-state index is -0.459. The van der Waals surface area contributed by atoms with E-state index in [4.69, 9.17) is 10.3 Å². The minimum Gasteiger partial charge on any atom is -0.461 e. The van der Waals surface area contributed by atoms with E-state index >= 15 is 0 Å². The van der Waals surface area contributed by atoms with Gasteiger partial charge in [0.15, 0.2) is 12.0 Å². The maximum atomic E-state index is 10.9. The number of hydrogen-bond donors (Lipinski definition) is 1. The van der Waals surface area contributed by atoms with Crippen LogP contribution in [0.2, 0.25) is 0 Å². The molecule has 4 rings (SSSR count). The molecular weight excluding hydrogens is 312 g/mol. The Balaban J connectivity index is 1.75. The van der Waals surface area contributed by atoms with Gasteiger partial charge in [0.05, 0.1) is 11.2 Å². The highest BCUT2D eigenvalue weighted by Gasteiger charge is 2.40. The Kier molecular flexibility index (Phi) is 2.98. The molecule has 2 aliphatic heterocycles. The number of hydrogen-bond acceptors (Lipinski definition) is 7. The van der Waals surface area contributed by atoms with Crippen LogP contribution in [0.25, 0.3) is 5.70 Å². The molecule has 3 heterocycles. The predicted molar refractivity (Wildman–Crippen MR) is 86.7 cm³/mol. The Morgan fingerprint density at radius 3 is 2.88 bits per heavy atom. The van der Waals surface area contributed by atoms with Crippen LogP contribution < -0.4 is 5.84 Å². The van der Waals surface area contributed by atoms with Gasteiger partial charge in [-0.2, -0.15) is 4.99 Å². The molecule has 9 nitrogen and oxygen atoms in total. The third kappa shape index (κ3) is 2.24. The number of aliphatic imine (C=N–C) groups is 2. The zero-order valence-electron chi connectivity index (χ0n) is 12.2. The summed E-state index contributed by atoms with van der Waals surface area (Å²) in [6.45, 7) is 0. The Morgan fingerprint density at radius 1 is 1.25 bits per heavy atom. The lowest BCUT2D eigenvalue weighted by atomic mass is 10.1. The van der Waals surface area contributed by atoms with Crippen molar-refractivity contribution in [2.45, 2.75) is 0 Å². The van der Waals surface area contributed by atoms with Gasteiger partial charge in [0.1, 0.15) is 11.9 Å². The van der Waals surface area contributed by atoms with Crippen LogP contribution in [0.5, 0.6) is 0 Å². The molecule has 1 atom stereocenters. The molecule has 0 saturated carbocycles. The van der Waals surface area contributed by atoms with Crippen LogP contribution in [0.1, 0.15) is 11.3 Å². The van der Waals surface area contributed by atoms with Gasteiger partial charge in [-0.15, -0.1) is 5.84 Å². The zero-order chi connectivity index (χ0) is 16.7. The Morgan fingerprint density at radius 2 is 2.12 bits per heavy atom. The number of nitrogens with zero attached hydrogens (tertiary/aromatic N) is 5. The first-order chi connectivity index (χ1) is 11.5. The second-order valence-electron chi connectivity index (χ2n) is 5.19. The fourth-order valence-corrected chi connectivity index (χ4v) is 2.42. The van der Waals surface area contributed by atoms with Gasteiger partial charge in [-0.3, -0.25) is 10.1 Å². The van der Waals surface area contributed by atoms with Crippen LogP contribution in [0.15, 0.2) is 68.4 Å². The molecule has 9 heteroatoms. The molecule has 0 fully saturated rings. The van der Waals surface area contributed by atoms with Crippen LogP contribution in [0.3, 0.4) is 0 Å². The van der Waals surface area contributed by atoms with E-state index in [0.29, 0.717) is 28.7 Å². The lowest BCUT2D eigenvalue weighted by Gasteiger charge is -2.19. The average molecular weight is 323 g/mol. The van der Waals surface area contributed by atoms with Gasteiger partial charge in [-0.05, 0) is 21.9 Å². The number of nitrogens with two attached hydrogens (primary N) is 1. The Hall–Kier alpha value is -3.43. The Labute approximate surface area is 135 Å². The van der Waals surface area contributed by atoms with E-state index in [1.54, 1.807) is 30.5 Å². The number of amidine groups is 2. The summed E-state index contributed by atoms with van der Waals surface area (Å²) in [5, 5.41) is 15.3. The monoisotopic (exact) mass is 323 g/mol. The lowest BCUT2D eigenvalue weighted by Crippen LogP contribution is -2.50. The van der Waals surface area contributed by atoms with Crippen molar-refractivity contribution < 1.29 is 14.0 Å². The van der Waals surface area contributed by atoms with Crippen molar-refractivity contribution in [3.63, 3.8) is 0 Å². The molecular formula is C15H11N6O3+. The number of fused-ring (bicyclic) bond motifs is 1. The maximum absolute atomic E-state index is 10.9. The molecule has 1 unspecified atom stereocenters. The molecule has 0 saturated heterocycles. The largest absolute Gasteiger partial charge is 0.461 e. The summed E-state index contributed by atoms with van der Waals surface area (Å²) < 4.78 is 4.86. The van der Waals surface area contributed by atoms with Crippen LogP contribution >= 0.6 is 0 Å². The van der Waals surface area contributed by atoms with Crippen molar-refractivity contribution in [1.82, 2.24) is 0 Å². The van der Waals surface area contributed by atoms with E-state index in [2.05, 4.69) is 15.1 Å². The summed E-state index contributed by atoms with van der Waals surface area (Å²) in [5.41, 5.74) is 1.03. The van der Waals surface area contributed by atoms with Gasteiger partial charge < -0.3 is 4.42 Å². The third-order valence-corrected chi connectivity index (χ3v) is 3.58. The summed E-state index contributed by atoms with van der Waals surface area (Å²) in [4.78, 5) is 19.1. The fourth-order valence-electron chi connectivity index (χ4n) is 2.42. The number of quaternary nitrogens is 1. The number of rotatable bonds is 3. The first-order valence-corrected chi connectivity index (χ1v) is 6.98. The van der Waals surface area contributed by atoms with E-state index < -0.39 is 9.62 Å². The number of non-ortho nitro benzene ring substituents is 1. The van der Waals surface area contributed by atoms with Crippen molar-refractivity contribution >= 4 is 29.3 Å². The normalized spacial score (nSPS) is 21.8. The first-order valence-electron chi connectivity index (χ1n) is 6.98. The van der Waals surface area contributed by atoms with Crippen LogP contribution in [0.4, 0.5) is 5.69 Å². The second-order valence-corrected chi connectivity index (χ2v) is 5.19. The SMILES string of the molecule is N[N+]12C=C(c3cccc([N+](=O)[O-])c3)N=CC1=NC(c1ccco1)=N2. The van der Waals surface area contributed by atoms with E-state index in [1.165, 1.54) is 24.6 Å². The summed E-state index contributed by atoms with van der Waals surface area (Å²) in [7, 11) is 0. The van der Waals surface area contributed by atoms with E-state index in [0.717, 1.165) is 0 Å². The van der Waals surface area contributed by atoms with Gasteiger partial charge in [0.2, 0.25) is 0 Å². The summed E-state index contributed by atoms with van der Waals surface area (Å²) >= 11 is 0. The highest BCUT2D eigenvalue weighted by atomic mass is 16.6. The number of nitro groups is 1. The van der Waals surface area contributed by atoms with Crippen molar-refractivity contribution in [3.05, 3.63) is 70.3 Å². The quantitative estimate of drug-likeness (QED) is 0.402. The van der Waals surface area contributed by atoms with Gasteiger partial charge in [-0.1, -0.05) is 12.1 Å². The number of benzene rings is 1. The zero-order valence-corrected chi connectivity index (χ0v) is 12.2. The molecule has 0 amide bonds. The molecule has 2 N–H and O–H groups in total. The van der Waals surface area contributed by atoms with E-state index in [1.807, 2.05) is 0 Å². The molecule has 118 valence electrons. The lowest BCUT2D eigenvalue weighted by molar-refractivity contribution is -0.802. The van der Waals surface area contributed by atoms with Gasteiger partial charge >= 0.3 is 0 Å². The molecule has 1 aromatic heterocycles. The predicted octanol–water partition coefficient (Wildman–Crippen LogP) is 2.04. The fraction of sp³-hybridized carbons (Fsp3) is 0. The highest BCUT2D eigenvalue weighted by Crippen LogP contribution is 2.28. The second kappa shape index (κ2) is 5.05. The standard InChI is InChI=1S/C15H11N6O3/c16-21-9-12(10-3-1-4-11(7-10)20(22)23)17-8-14(21)18-15(19-21)13-5-2-6-24-13/h1-9H,16H2/q+1. The topological polar surface area (TPSA) is 119 Å². The van der Waals surface area contributed by atoms with E-state index in [9.17, 15) is 10.1 Å². The number of nitro benzene ring substituents is 1. The molecule has 0 bridgehead atoms. The molecule has 0 aliphatic carbocycles. The molecule has 1 aromatic carbocycles. The molecule has 0 spiro atoms. The van der Waals surface area contributed by atoms with Gasteiger partial charge in [0, 0.05) is 17.7 Å². The van der Waals surface area contributed by atoms with Crippen molar-refractivity contribution in [2.24, 2.45) is 20.9 Å². The van der Waals surface area contributed by atoms with Crippen LogP contribution in [0, 0.1) is 10.1 Å². The minimum absolute atomic E-state index is 0.0205. The van der Waals surface area contributed by atoms with Crippen LogP contribution in [-0.4, -0.2) is 27.5 Å². The highest BCUT2D eigenvalue weighted by molar-refractivity contribution is 6.32. The van der Waals surface area contributed by atoms with Gasteiger partial charge in [-0.25, -0.2) is 4.99 Å². The van der Waals surface area contributed by atoms with E-state index in [-0.39, 0.29) is 5.69 Å². The summed E-state index contributed by atoms with van der Waals surface area (Å²) in [6, 6.07) is 9.63. The molecule has 2 aliphatic rings. The summed E-state index contributed by atoms with van der Waals surface area (Å²) in [5.74, 6) is 7.55. The number of furan rings is 1. The maximum Gasteiger partial charge on any atom is 0.300 e. The van der Waals surface area contributed by atoms with Crippen molar-refractivity contribution in [2.75, 3.05) is 0 Å². The van der Waals surface area contributed by atoms with Gasteiger partial charge in [0.25, 0.3) is 17.4 Å². The first kappa shape index (κ1) is 14.2. The summed E-state index contributed by atoms with van der Waals surface area (Å²) in [6.07, 6.45) is 4.59. The Bertz CT molecular complexity index is 957. The van der Waals surface area contributed by atoms with Crippen LogP contribution in [-0.2, 0) is 0 Å². The average Bonchev–Trinajstić information content (AvgIpc) is 3.21. The molecule has 2 aromatic rings. The van der Waals surface area contributed by atoms with Crippen molar-refractivity contribution in [3.8, 4) is 0 Å². The molecule has 24 heavy (non-hydrogen) atoms.